The van der Waals surface area contributed by atoms with E-state index in [1.165, 1.54) is 0 Å². The van der Waals surface area contributed by atoms with E-state index >= 15 is 0 Å². The molecule has 2 aliphatic rings. The first-order valence-corrected chi connectivity index (χ1v) is 8.85. The first-order valence-electron chi connectivity index (χ1n) is 8.85. The molecule has 2 fully saturated rings. The molecule has 2 aliphatic heterocycles. The lowest BCUT2D eigenvalue weighted by atomic mass is 9.96. The second-order valence-corrected chi connectivity index (χ2v) is 6.69. The molecule has 0 amide bonds. The summed E-state index contributed by atoms with van der Waals surface area (Å²) >= 11 is 0. The monoisotopic (exact) mass is 426 g/mol. The Morgan fingerprint density at radius 3 is 1.83 bits per heavy atom. The van der Waals surface area contributed by atoms with Crippen LogP contribution in [0.1, 0.15) is 13.8 Å². The van der Waals surface area contributed by atoms with Crippen molar-refractivity contribution in [2.45, 2.75) is 75.3 Å². The third-order valence-electron chi connectivity index (χ3n) is 4.53. The van der Waals surface area contributed by atoms with Crippen molar-refractivity contribution in [2.75, 3.05) is 13.2 Å². The predicted octanol–water partition coefficient (Wildman–Crippen LogP) is -4.26. The van der Waals surface area contributed by atoms with Gasteiger partial charge in [-0.05, 0) is 0 Å². The van der Waals surface area contributed by atoms with Gasteiger partial charge in [0.2, 0.25) is 0 Å². The van der Waals surface area contributed by atoms with Crippen molar-refractivity contribution in [1.29, 1.82) is 0 Å². The molecule has 2 heterocycles. The van der Waals surface area contributed by atoms with Crippen molar-refractivity contribution in [2.24, 2.45) is 0 Å². The maximum atomic E-state index is 11.5. The van der Waals surface area contributed by atoms with Gasteiger partial charge in [0.05, 0.1) is 13.2 Å². The molecular weight excluding hydrogens is 400 g/mol. The van der Waals surface area contributed by atoms with Crippen molar-refractivity contribution in [3.05, 3.63) is 0 Å². The average Bonchev–Trinajstić information content (AvgIpc) is 2.65. The van der Waals surface area contributed by atoms with Gasteiger partial charge in [-0.15, -0.1) is 0 Å². The third-order valence-corrected chi connectivity index (χ3v) is 4.53. The van der Waals surface area contributed by atoms with Crippen molar-refractivity contribution in [1.82, 2.24) is 0 Å². The average molecular weight is 426 g/mol. The number of carbonyl (C=O) groups is 2. The Morgan fingerprint density at radius 2 is 1.31 bits per heavy atom. The van der Waals surface area contributed by atoms with Crippen LogP contribution < -0.4 is 0 Å². The molecule has 13 heteroatoms. The quantitative estimate of drug-likeness (QED) is 0.223. The number of hydrogen-bond acceptors (Lipinski definition) is 13. The molecule has 2 rings (SSSR count). The zero-order valence-corrected chi connectivity index (χ0v) is 15.7. The smallest absolute Gasteiger partial charge is 0.303 e. The Balaban J connectivity index is 2.32. The van der Waals surface area contributed by atoms with Gasteiger partial charge < -0.3 is 54.3 Å². The third kappa shape index (κ3) is 5.39. The van der Waals surface area contributed by atoms with E-state index in [-0.39, 0.29) is 0 Å². The summed E-state index contributed by atoms with van der Waals surface area (Å²) in [6.07, 6.45) is -15.6. The molecule has 0 saturated carbocycles. The summed E-state index contributed by atoms with van der Waals surface area (Å²) in [4.78, 5) is 23.0. The highest BCUT2D eigenvalue weighted by atomic mass is 16.7. The van der Waals surface area contributed by atoms with Gasteiger partial charge in [0.25, 0.3) is 0 Å². The highest BCUT2D eigenvalue weighted by Gasteiger charge is 2.53. The van der Waals surface area contributed by atoms with Crippen molar-refractivity contribution >= 4 is 11.9 Å². The van der Waals surface area contributed by atoms with E-state index in [0.29, 0.717) is 0 Å². The van der Waals surface area contributed by atoms with Crippen LogP contribution >= 0.6 is 0 Å². The highest BCUT2D eigenvalue weighted by molar-refractivity contribution is 5.67. The molecule has 0 aliphatic carbocycles. The van der Waals surface area contributed by atoms with E-state index in [0.717, 1.165) is 13.8 Å². The van der Waals surface area contributed by atoms with E-state index < -0.39 is 86.6 Å². The number of carbonyl (C=O) groups excluding carboxylic acids is 2. The van der Waals surface area contributed by atoms with Crippen molar-refractivity contribution in [3.8, 4) is 0 Å². The second kappa shape index (κ2) is 10.1. The minimum Gasteiger partial charge on any atom is -0.455 e. The fourth-order valence-electron chi connectivity index (χ4n) is 3.18. The van der Waals surface area contributed by atoms with Gasteiger partial charge in [0, 0.05) is 13.8 Å². The molecule has 0 aromatic heterocycles. The second-order valence-electron chi connectivity index (χ2n) is 6.69. The molecule has 29 heavy (non-hydrogen) atoms. The van der Waals surface area contributed by atoms with Crippen LogP contribution in [0.5, 0.6) is 0 Å². The molecule has 0 radical (unpaired) electrons. The van der Waals surface area contributed by atoms with Gasteiger partial charge in [0.1, 0.15) is 36.6 Å². The van der Waals surface area contributed by atoms with Gasteiger partial charge in [-0.1, -0.05) is 0 Å². The molecule has 13 nitrogen and oxygen atoms in total. The summed E-state index contributed by atoms with van der Waals surface area (Å²) in [6, 6.07) is 0. The minimum absolute atomic E-state index is 0.722. The molecule has 168 valence electrons. The highest BCUT2D eigenvalue weighted by Crippen LogP contribution is 2.31. The number of ether oxygens (including phenoxy) is 5. The molecule has 10 atom stereocenters. The summed E-state index contributed by atoms with van der Waals surface area (Å²) in [5.41, 5.74) is 0. The van der Waals surface area contributed by atoms with Crippen LogP contribution in [-0.2, 0) is 33.3 Å². The van der Waals surface area contributed by atoms with Gasteiger partial charge in [-0.3, -0.25) is 9.59 Å². The topological polar surface area (TPSA) is 202 Å². The Kier molecular flexibility index (Phi) is 8.28. The van der Waals surface area contributed by atoms with Crippen molar-refractivity contribution in [3.63, 3.8) is 0 Å². The van der Waals surface area contributed by atoms with Crippen LogP contribution in [0.4, 0.5) is 0 Å². The van der Waals surface area contributed by atoms with Gasteiger partial charge in [-0.25, -0.2) is 0 Å². The Bertz CT molecular complexity index is 569. The first-order chi connectivity index (χ1) is 13.6. The molecule has 0 aromatic carbocycles. The first kappa shape index (κ1) is 23.9. The van der Waals surface area contributed by atoms with Crippen LogP contribution in [0.15, 0.2) is 0 Å². The van der Waals surface area contributed by atoms with E-state index in [9.17, 15) is 40.2 Å². The molecular formula is C16H26O13. The van der Waals surface area contributed by atoms with E-state index in [2.05, 4.69) is 0 Å². The summed E-state index contributed by atoms with van der Waals surface area (Å²) < 4.78 is 26.0. The van der Waals surface area contributed by atoms with Crippen molar-refractivity contribution < 1.29 is 63.9 Å². The maximum absolute atomic E-state index is 11.5. The largest absolute Gasteiger partial charge is 0.455 e. The van der Waals surface area contributed by atoms with Crippen LogP contribution in [0.3, 0.4) is 0 Å². The summed E-state index contributed by atoms with van der Waals surface area (Å²) in [5.74, 6) is -1.66. The number of hydrogen-bond donors (Lipinski definition) is 6. The Hall–Kier alpha value is -1.42. The fourth-order valence-corrected chi connectivity index (χ4v) is 3.18. The van der Waals surface area contributed by atoms with Crippen LogP contribution in [0.25, 0.3) is 0 Å². The molecule has 0 unspecified atom stereocenters. The number of aliphatic hydroxyl groups is 6. The number of aliphatic hydroxyl groups excluding tert-OH is 6. The summed E-state index contributed by atoms with van der Waals surface area (Å²) in [6.45, 7) is 0.645. The lowest BCUT2D eigenvalue weighted by molar-refractivity contribution is -0.356. The van der Waals surface area contributed by atoms with E-state index in [1.54, 1.807) is 0 Å². The molecule has 2 saturated heterocycles. The normalized spacial score (nSPS) is 42.9. The summed E-state index contributed by atoms with van der Waals surface area (Å²) in [5, 5.41) is 58.8. The van der Waals surface area contributed by atoms with Crippen LogP contribution in [0.2, 0.25) is 0 Å². The van der Waals surface area contributed by atoms with Crippen LogP contribution in [0, 0.1) is 0 Å². The zero-order chi connectivity index (χ0) is 21.9. The zero-order valence-electron chi connectivity index (χ0n) is 15.7. The van der Waals surface area contributed by atoms with Crippen LogP contribution in [-0.4, -0.2) is 117 Å². The summed E-state index contributed by atoms with van der Waals surface area (Å²) in [7, 11) is 0. The van der Waals surface area contributed by atoms with E-state index in [4.69, 9.17) is 23.7 Å². The molecule has 0 aromatic rings. The molecule has 6 N–H and O–H groups in total. The number of rotatable bonds is 6. The number of esters is 2. The SMILES string of the molecule is CC(=O)O[C@H]1[C@@H](O[C@H]2[C@H](O)[C@@H](O)[C@H](O)O[C@@H]2CO)O[C@H](CO)[C@@H](O)[C@@H]1OC(C)=O. The predicted molar refractivity (Wildman–Crippen MR) is 87.7 cm³/mol. The Labute approximate surface area is 165 Å². The van der Waals surface area contributed by atoms with Gasteiger partial charge >= 0.3 is 11.9 Å². The van der Waals surface area contributed by atoms with E-state index in [1.807, 2.05) is 0 Å². The maximum Gasteiger partial charge on any atom is 0.303 e. The van der Waals surface area contributed by atoms with Gasteiger partial charge in [-0.2, -0.15) is 0 Å². The molecule has 0 spiro atoms. The minimum atomic E-state index is -1.79. The fraction of sp³-hybridized carbons (Fsp3) is 0.875. The van der Waals surface area contributed by atoms with Gasteiger partial charge in [0.15, 0.2) is 24.8 Å². The Morgan fingerprint density at radius 1 is 0.759 bits per heavy atom. The standard InChI is InChI=1S/C16H26O13/c1-5(19)25-13-9(21)7(3-17)28-16(14(13)26-6(2)20)29-12-8(4-18)27-15(24)11(23)10(12)22/h7-18,21-24H,3-4H2,1-2H3/t7-,8-,9-,10-,11-,12-,13+,14-,15-,16-/m1/s1. The lowest BCUT2D eigenvalue weighted by Gasteiger charge is -2.46. The lowest BCUT2D eigenvalue weighted by Crippen LogP contribution is -2.65. The molecule has 0 bridgehead atoms.